The molecule has 0 unspecified atom stereocenters. The second-order valence-electron chi connectivity index (χ2n) is 1.67. The van der Waals surface area contributed by atoms with Gasteiger partial charge in [-0.25, -0.2) is 4.79 Å². The third-order valence-electron chi connectivity index (χ3n) is 0.984. The lowest BCUT2D eigenvalue weighted by Gasteiger charge is -1.94. The molecule has 0 fully saturated rings. The molecule has 0 amide bonds. The quantitative estimate of drug-likeness (QED) is 0.281. The molecule has 3 heteroatoms. The highest BCUT2D eigenvalue weighted by Gasteiger charge is 1.99. The van der Waals surface area contributed by atoms with Crippen LogP contribution in [0.3, 0.4) is 0 Å². The van der Waals surface area contributed by atoms with Gasteiger partial charge in [-0.2, -0.15) is 0 Å². The SMILES string of the molecule is C=COCC=C(C=C)C(=O)O. The van der Waals surface area contributed by atoms with Crippen molar-refractivity contribution in [1.29, 1.82) is 0 Å². The van der Waals surface area contributed by atoms with E-state index < -0.39 is 5.97 Å². The Morgan fingerprint density at radius 1 is 1.55 bits per heavy atom. The molecular formula is C8H10O3. The Hall–Kier alpha value is -1.51. The van der Waals surface area contributed by atoms with Crippen LogP contribution >= 0.6 is 0 Å². The molecule has 0 bridgehead atoms. The van der Waals surface area contributed by atoms with Crippen LogP contribution in [0.1, 0.15) is 0 Å². The van der Waals surface area contributed by atoms with Gasteiger partial charge in [-0.05, 0) is 6.08 Å². The minimum atomic E-state index is -1.01. The van der Waals surface area contributed by atoms with Crippen molar-refractivity contribution in [2.45, 2.75) is 0 Å². The summed E-state index contributed by atoms with van der Waals surface area (Å²) in [5, 5.41) is 8.45. The van der Waals surface area contributed by atoms with Gasteiger partial charge in [0.1, 0.15) is 6.61 Å². The molecule has 0 saturated carbocycles. The molecule has 0 rings (SSSR count). The minimum Gasteiger partial charge on any atom is -0.498 e. The number of carbonyl (C=O) groups is 1. The van der Waals surface area contributed by atoms with Gasteiger partial charge in [0.05, 0.1) is 11.8 Å². The molecule has 0 aromatic rings. The third kappa shape index (κ3) is 3.97. The first-order valence-corrected chi connectivity index (χ1v) is 3.00. The van der Waals surface area contributed by atoms with Gasteiger partial charge in [-0.3, -0.25) is 0 Å². The Labute approximate surface area is 65.3 Å². The Balaban J connectivity index is 4.01. The highest BCUT2D eigenvalue weighted by molar-refractivity contribution is 5.89. The minimum absolute atomic E-state index is 0.131. The molecule has 60 valence electrons. The zero-order chi connectivity index (χ0) is 8.69. The lowest BCUT2D eigenvalue weighted by molar-refractivity contribution is -0.132. The molecule has 3 nitrogen and oxygen atoms in total. The summed E-state index contributed by atoms with van der Waals surface area (Å²) in [7, 11) is 0. The fraction of sp³-hybridized carbons (Fsp3) is 0.125. The Kier molecular flexibility index (Phi) is 4.56. The number of carboxylic acids is 1. The maximum atomic E-state index is 10.3. The molecule has 0 aromatic carbocycles. The standard InChI is InChI=1S/C8H10O3/c1-3-7(8(9)10)5-6-11-4-2/h3-5H,1-2,6H2,(H,9,10). The first-order valence-electron chi connectivity index (χ1n) is 3.00. The monoisotopic (exact) mass is 154 g/mol. The van der Waals surface area contributed by atoms with Crippen molar-refractivity contribution in [3.63, 3.8) is 0 Å². The first-order chi connectivity index (χ1) is 5.22. The third-order valence-corrected chi connectivity index (χ3v) is 0.984. The van der Waals surface area contributed by atoms with E-state index in [4.69, 9.17) is 9.84 Å². The van der Waals surface area contributed by atoms with E-state index >= 15 is 0 Å². The van der Waals surface area contributed by atoms with Crippen molar-refractivity contribution in [2.75, 3.05) is 6.61 Å². The van der Waals surface area contributed by atoms with Crippen molar-refractivity contribution in [3.05, 3.63) is 37.1 Å². The van der Waals surface area contributed by atoms with E-state index in [0.717, 1.165) is 0 Å². The molecule has 0 aromatic heterocycles. The lowest BCUT2D eigenvalue weighted by atomic mass is 10.2. The van der Waals surface area contributed by atoms with E-state index in [9.17, 15) is 4.79 Å². The zero-order valence-electron chi connectivity index (χ0n) is 6.12. The van der Waals surface area contributed by atoms with Crippen LogP contribution in [-0.2, 0) is 9.53 Å². The summed E-state index contributed by atoms with van der Waals surface area (Å²) in [5.41, 5.74) is 0.131. The molecule has 1 N–H and O–H groups in total. The lowest BCUT2D eigenvalue weighted by Crippen LogP contribution is -1.98. The number of ether oxygens (including phenoxy) is 1. The van der Waals surface area contributed by atoms with E-state index in [2.05, 4.69) is 13.2 Å². The summed E-state index contributed by atoms with van der Waals surface area (Å²) in [5.74, 6) is -1.01. The average Bonchev–Trinajstić information content (AvgIpc) is 1.97. The molecular weight excluding hydrogens is 144 g/mol. The number of rotatable bonds is 5. The highest BCUT2D eigenvalue weighted by atomic mass is 16.5. The molecule has 0 aliphatic carbocycles. The van der Waals surface area contributed by atoms with Gasteiger partial charge in [0.15, 0.2) is 0 Å². The van der Waals surface area contributed by atoms with Crippen molar-refractivity contribution < 1.29 is 14.6 Å². The van der Waals surface area contributed by atoms with E-state index in [1.807, 2.05) is 0 Å². The van der Waals surface area contributed by atoms with Crippen LogP contribution in [0.4, 0.5) is 0 Å². The van der Waals surface area contributed by atoms with Crippen molar-refractivity contribution in [2.24, 2.45) is 0 Å². The first kappa shape index (κ1) is 9.49. The molecule has 0 spiro atoms. The molecule has 0 saturated heterocycles. The van der Waals surface area contributed by atoms with Gasteiger partial charge >= 0.3 is 5.97 Å². The van der Waals surface area contributed by atoms with Crippen molar-refractivity contribution in [3.8, 4) is 0 Å². The van der Waals surface area contributed by atoms with Crippen LogP contribution in [0, 0.1) is 0 Å². The van der Waals surface area contributed by atoms with Crippen LogP contribution < -0.4 is 0 Å². The second-order valence-corrected chi connectivity index (χ2v) is 1.67. The van der Waals surface area contributed by atoms with Gasteiger partial charge in [0.2, 0.25) is 0 Å². The van der Waals surface area contributed by atoms with Crippen LogP contribution in [0.5, 0.6) is 0 Å². The summed E-state index contributed by atoms with van der Waals surface area (Å²) < 4.78 is 4.69. The smallest absolute Gasteiger partial charge is 0.335 e. The van der Waals surface area contributed by atoms with E-state index in [0.29, 0.717) is 0 Å². The highest BCUT2D eigenvalue weighted by Crippen LogP contribution is 1.95. The van der Waals surface area contributed by atoms with Gasteiger partial charge in [0, 0.05) is 0 Å². The van der Waals surface area contributed by atoms with Crippen molar-refractivity contribution >= 4 is 5.97 Å². The van der Waals surface area contributed by atoms with Crippen LogP contribution in [-0.4, -0.2) is 17.7 Å². The van der Waals surface area contributed by atoms with Gasteiger partial charge in [-0.1, -0.05) is 19.2 Å². The van der Waals surface area contributed by atoms with Gasteiger partial charge in [-0.15, -0.1) is 0 Å². The van der Waals surface area contributed by atoms with Crippen LogP contribution in [0.2, 0.25) is 0 Å². The Morgan fingerprint density at radius 3 is 2.55 bits per heavy atom. The molecule has 0 aliphatic rings. The number of carboxylic acid groups (broad SMARTS) is 1. The maximum Gasteiger partial charge on any atom is 0.335 e. The Bertz CT molecular complexity index is 192. The van der Waals surface area contributed by atoms with E-state index in [1.165, 1.54) is 18.4 Å². The second kappa shape index (κ2) is 5.29. The summed E-state index contributed by atoms with van der Waals surface area (Å²) in [6.45, 7) is 6.84. The fourth-order valence-electron chi connectivity index (χ4n) is 0.464. The molecule has 0 heterocycles. The molecule has 0 aliphatic heterocycles. The number of hydrogen-bond acceptors (Lipinski definition) is 2. The Morgan fingerprint density at radius 2 is 2.18 bits per heavy atom. The summed E-state index contributed by atoms with van der Waals surface area (Å²) in [4.78, 5) is 10.3. The maximum absolute atomic E-state index is 10.3. The van der Waals surface area contributed by atoms with E-state index in [-0.39, 0.29) is 12.2 Å². The predicted octanol–water partition coefficient (Wildman–Crippen LogP) is 1.34. The van der Waals surface area contributed by atoms with Gasteiger partial charge < -0.3 is 9.84 Å². The fourth-order valence-corrected chi connectivity index (χ4v) is 0.464. The van der Waals surface area contributed by atoms with Crippen LogP contribution in [0.25, 0.3) is 0 Å². The summed E-state index contributed by atoms with van der Waals surface area (Å²) in [6.07, 6.45) is 3.92. The molecule has 0 atom stereocenters. The van der Waals surface area contributed by atoms with Crippen molar-refractivity contribution in [1.82, 2.24) is 0 Å². The van der Waals surface area contributed by atoms with Crippen LogP contribution in [0.15, 0.2) is 37.1 Å². The molecule has 11 heavy (non-hydrogen) atoms. The predicted molar refractivity (Wildman–Crippen MR) is 42.1 cm³/mol. The number of aliphatic carboxylic acids is 1. The number of hydrogen-bond donors (Lipinski definition) is 1. The zero-order valence-corrected chi connectivity index (χ0v) is 6.12. The normalized spacial score (nSPS) is 10.4. The summed E-state index contributed by atoms with van der Waals surface area (Å²) in [6, 6.07) is 0. The topological polar surface area (TPSA) is 46.5 Å². The molecule has 0 radical (unpaired) electrons. The average molecular weight is 154 g/mol. The van der Waals surface area contributed by atoms with E-state index in [1.54, 1.807) is 0 Å². The summed E-state index contributed by atoms with van der Waals surface area (Å²) >= 11 is 0. The van der Waals surface area contributed by atoms with Gasteiger partial charge in [0.25, 0.3) is 0 Å². The largest absolute Gasteiger partial charge is 0.498 e.